The molecule has 22 nitrogen and oxygen atoms in total. The highest BCUT2D eigenvalue weighted by molar-refractivity contribution is 5.68. The summed E-state index contributed by atoms with van der Waals surface area (Å²) in [5.41, 5.74) is 1.71. The van der Waals surface area contributed by atoms with Crippen molar-refractivity contribution in [2.75, 3.05) is 129 Å². The average Bonchev–Trinajstić information content (AvgIpc) is 3.71. The minimum Gasteiger partial charge on any atom is -0.465 e. The van der Waals surface area contributed by atoms with E-state index in [2.05, 4.69) is 0 Å². The Bertz CT molecular complexity index is 1630. The summed E-state index contributed by atoms with van der Waals surface area (Å²) >= 11 is 0. The molecule has 1 fully saturated rings. The molecule has 2 aromatic rings. The average molecular weight is 896 g/mol. The van der Waals surface area contributed by atoms with Crippen LogP contribution in [0.15, 0.2) is 42.5 Å². The van der Waals surface area contributed by atoms with Gasteiger partial charge in [-0.15, -0.1) is 0 Å². The minimum absolute atomic E-state index is 0.0406. The molecule has 0 saturated carbocycles. The number of carbonyl (C=O) groups excluding carboxylic acids is 6. The van der Waals surface area contributed by atoms with Crippen molar-refractivity contribution in [3.63, 3.8) is 0 Å². The van der Waals surface area contributed by atoms with E-state index >= 15 is 0 Å². The van der Waals surface area contributed by atoms with Gasteiger partial charge < -0.3 is 76.3 Å². The second kappa shape index (κ2) is 29.4. The molecule has 0 bridgehead atoms. The Hall–Kier alpha value is -5.94. The van der Waals surface area contributed by atoms with Crippen LogP contribution in [0.1, 0.15) is 0 Å². The molecule has 6 unspecified atom stereocenters. The van der Waals surface area contributed by atoms with E-state index in [0.29, 0.717) is 60.9 Å². The van der Waals surface area contributed by atoms with Gasteiger partial charge in [0.25, 0.3) is 32.4 Å². The lowest BCUT2D eigenvalue weighted by Crippen LogP contribution is -2.43. The first-order chi connectivity index (χ1) is 30.7. The summed E-state index contributed by atoms with van der Waals surface area (Å²) in [4.78, 5) is 73.6. The van der Waals surface area contributed by atoms with Gasteiger partial charge in [-0.05, 0) is 42.5 Å². The second-order valence-corrected chi connectivity index (χ2v) is 13.7. The van der Waals surface area contributed by atoms with Gasteiger partial charge in [-0.1, -0.05) is 0 Å². The predicted molar refractivity (Wildman–Crippen MR) is 220 cm³/mol. The Morgan fingerprint density at radius 2 is 1.06 bits per heavy atom. The van der Waals surface area contributed by atoms with E-state index in [9.17, 15) is 28.8 Å². The van der Waals surface area contributed by atoms with Gasteiger partial charge >= 0.3 is 6.16 Å². The molecule has 350 valence electrons. The maximum absolute atomic E-state index is 11.7. The van der Waals surface area contributed by atoms with E-state index in [0.717, 1.165) is 0 Å². The molecule has 0 radical (unpaired) electrons. The number of ether oxygens (including phenoxy) is 13. The number of anilines is 3. The number of nitrogens with zero attached hydrogens (tertiary/aromatic N) is 3. The largest absolute Gasteiger partial charge is 0.508 e. The van der Waals surface area contributed by atoms with Gasteiger partial charge in [0, 0.05) is 66.6 Å². The van der Waals surface area contributed by atoms with Crippen LogP contribution in [0, 0.1) is 0 Å². The Kier molecular flexibility index (Phi) is 24.0. The molecule has 0 aliphatic carbocycles. The molecule has 1 heterocycles. The van der Waals surface area contributed by atoms with Gasteiger partial charge in [0.05, 0.1) is 38.5 Å². The smallest absolute Gasteiger partial charge is 0.465 e. The third kappa shape index (κ3) is 17.8. The number of rotatable bonds is 37. The Morgan fingerprint density at radius 1 is 0.587 bits per heavy atom. The molecule has 0 spiro atoms. The maximum Gasteiger partial charge on any atom is 0.508 e. The summed E-state index contributed by atoms with van der Waals surface area (Å²) < 4.78 is 70.2. The van der Waals surface area contributed by atoms with Crippen molar-refractivity contribution < 1.29 is 90.3 Å². The van der Waals surface area contributed by atoms with Crippen molar-refractivity contribution in [1.29, 1.82) is 0 Å². The quantitative estimate of drug-likeness (QED) is 0.0530. The number of benzene rings is 2. The van der Waals surface area contributed by atoms with E-state index in [1.54, 1.807) is 42.5 Å². The van der Waals surface area contributed by atoms with Crippen molar-refractivity contribution in [1.82, 2.24) is 0 Å². The standard InChI is InChI=1S/C41H57N3O19/c1-51-19-36(60-28-48)16-42(18-38-24-59-41(50)63-38)30-6-9-32(10-7-30)62-40-11-8-31(43(13-33(53-3)21-56-25-45)17-37(20-52-2)61-29-49)12-39(40)44(14-34(54-4)22-57-26-46)15-35(55-5)23-58-27-47/h6-12,25-29,33-38H,13-24H2,1-5H3. The van der Waals surface area contributed by atoms with Crippen LogP contribution in [-0.4, -0.2) is 190 Å². The Morgan fingerprint density at radius 3 is 1.51 bits per heavy atom. The molecule has 1 aliphatic rings. The number of hydrogen-bond acceptors (Lipinski definition) is 22. The number of methoxy groups -OCH3 is 5. The van der Waals surface area contributed by atoms with E-state index in [1.807, 2.05) is 14.7 Å². The fourth-order valence-electron chi connectivity index (χ4n) is 6.48. The zero-order valence-corrected chi connectivity index (χ0v) is 36.0. The van der Waals surface area contributed by atoms with Gasteiger partial charge in [-0.3, -0.25) is 24.0 Å². The number of carbonyl (C=O) groups is 6. The third-order valence-electron chi connectivity index (χ3n) is 9.52. The molecule has 2 aromatic carbocycles. The van der Waals surface area contributed by atoms with Gasteiger partial charge in [0.2, 0.25) is 0 Å². The highest BCUT2D eigenvalue weighted by atomic mass is 16.8. The van der Waals surface area contributed by atoms with Crippen LogP contribution in [-0.2, 0) is 80.8 Å². The fourth-order valence-corrected chi connectivity index (χ4v) is 6.48. The highest BCUT2D eigenvalue weighted by Crippen LogP contribution is 2.38. The van der Waals surface area contributed by atoms with Crippen LogP contribution in [0.25, 0.3) is 0 Å². The summed E-state index contributed by atoms with van der Waals surface area (Å²) in [6.45, 7) is 2.38. The van der Waals surface area contributed by atoms with Crippen LogP contribution in [0.2, 0.25) is 0 Å². The topological polar surface area (TPSA) is 232 Å². The summed E-state index contributed by atoms with van der Waals surface area (Å²) in [5.74, 6) is 0.725. The molecule has 22 heteroatoms. The van der Waals surface area contributed by atoms with E-state index in [-0.39, 0.29) is 78.9 Å². The van der Waals surface area contributed by atoms with Crippen LogP contribution in [0.5, 0.6) is 11.5 Å². The van der Waals surface area contributed by atoms with Crippen molar-refractivity contribution in [2.45, 2.75) is 36.6 Å². The Balaban J connectivity index is 2.18. The molecular formula is C41H57N3O19. The van der Waals surface area contributed by atoms with Crippen LogP contribution >= 0.6 is 0 Å². The van der Waals surface area contributed by atoms with Crippen LogP contribution in [0.4, 0.5) is 21.9 Å². The van der Waals surface area contributed by atoms with Crippen molar-refractivity contribution >= 4 is 55.6 Å². The molecule has 0 amide bonds. The lowest BCUT2D eigenvalue weighted by molar-refractivity contribution is -0.136. The molecule has 3 rings (SSSR count). The number of cyclic esters (lactones) is 2. The van der Waals surface area contributed by atoms with Crippen molar-refractivity contribution in [2.24, 2.45) is 0 Å². The van der Waals surface area contributed by atoms with E-state index in [4.69, 9.17) is 61.6 Å². The van der Waals surface area contributed by atoms with Gasteiger partial charge in [0.15, 0.2) is 11.9 Å². The normalized spacial score (nSPS) is 15.5. The lowest BCUT2D eigenvalue weighted by atomic mass is 10.1. The first-order valence-electron chi connectivity index (χ1n) is 19.6. The van der Waals surface area contributed by atoms with Crippen molar-refractivity contribution in [3.8, 4) is 11.5 Å². The first-order valence-corrected chi connectivity index (χ1v) is 19.6. The fraction of sp³-hybridized carbons (Fsp3) is 0.561. The molecule has 63 heavy (non-hydrogen) atoms. The maximum atomic E-state index is 11.7. The van der Waals surface area contributed by atoms with Gasteiger partial charge in [0.1, 0.15) is 62.7 Å². The summed E-state index contributed by atoms with van der Waals surface area (Å²) in [5, 5.41) is 0. The zero-order chi connectivity index (χ0) is 45.8. The first kappa shape index (κ1) is 51.4. The van der Waals surface area contributed by atoms with Gasteiger partial charge in [-0.2, -0.15) is 0 Å². The zero-order valence-electron chi connectivity index (χ0n) is 36.0. The Labute approximate surface area is 365 Å². The van der Waals surface area contributed by atoms with Crippen LogP contribution < -0.4 is 19.4 Å². The summed E-state index contributed by atoms with van der Waals surface area (Å²) in [6.07, 6.45) is -4.72. The minimum atomic E-state index is -0.782. The molecule has 1 saturated heterocycles. The van der Waals surface area contributed by atoms with E-state index in [1.165, 1.54) is 35.5 Å². The van der Waals surface area contributed by atoms with Gasteiger partial charge in [-0.25, -0.2) is 4.79 Å². The molecule has 6 atom stereocenters. The molecule has 0 N–H and O–H groups in total. The monoisotopic (exact) mass is 895 g/mol. The molecule has 1 aliphatic heterocycles. The SMILES string of the molecule is COCC(CN(CC(COC=O)OC)c1ccc(Oc2ccc(N(CC(COC)OC=O)CC3COC(=O)O3)cc2)c(N(CC(COC=O)OC)CC(COC=O)OC)c1)OC=O. The molecular weight excluding hydrogens is 838 g/mol. The predicted octanol–water partition coefficient (Wildman–Crippen LogP) is 1.37. The lowest BCUT2D eigenvalue weighted by Gasteiger charge is -2.35. The number of hydrogen-bond donors (Lipinski definition) is 0. The summed E-state index contributed by atoms with van der Waals surface area (Å²) in [7, 11) is 7.34. The third-order valence-corrected chi connectivity index (χ3v) is 9.52. The van der Waals surface area contributed by atoms with Crippen LogP contribution in [0.3, 0.4) is 0 Å². The van der Waals surface area contributed by atoms with Crippen molar-refractivity contribution in [3.05, 3.63) is 42.5 Å². The second-order valence-electron chi connectivity index (χ2n) is 13.7. The summed E-state index contributed by atoms with van der Waals surface area (Å²) in [6, 6.07) is 12.3. The van der Waals surface area contributed by atoms with E-state index < -0.39 is 42.8 Å². The highest BCUT2D eigenvalue weighted by Gasteiger charge is 2.30. The molecule has 0 aromatic heterocycles.